The monoisotopic (exact) mass is 451 g/mol. The van der Waals surface area contributed by atoms with Gasteiger partial charge >= 0.3 is 0 Å². The highest BCUT2D eigenvalue weighted by Gasteiger charge is 2.44. The second kappa shape index (κ2) is 9.24. The highest BCUT2D eigenvalue weighted by atomic mass is 35.5. The molecule has 2 aromatic heterocycles. The molecule has 32 heavy (non-hydrogen) atoms. The van der Waals surface area contributed by atoms with Gasteiger partial charge in [-0.3, -0.25) is 4.79 Å². The maximum Gasteiger partial charge on any atom is 0.233 e. The van der Waals surface area contributed by atoms with Gasteiger partial charge in [0.1, 0.15) is 5.65 Å². The second-order valence-electron chi connectivity index (χ2n) is 9.19. The smallest absolute Gasteiger partial charge is 0.233 e. The van der Waals surface area contributed by atoms with Crippen molar-refractivity contribution in [1.29, 1.82) is 0 Å². The van der Waals surface area contributed by atoms with Gasteiger partial charge in [-0.05, 0) is 73.8 Å². The molecule has 5 nitrogen and oxygen atoms in total. The quantitative estimate of drug-likeness (QED) is 0.566. The van der Waals surface area contributed by atoms with Crippen molar-refractivity contribution in [3.05, 3.63) is 71.1 Å². The molecule has 6 heteroatoms. The number of likely N-dealkylation sites (tertiary alicyclic amines) is 1. The van der Waals surface area contributed by atoms with Crippen molar-refractivity contribution in [1.82, 2.24) is 14.3 Å². The molecule has 1 atom stereocenters. The second-order valence-corrected chi connectivity index (χ2v) is 9.62. The summed E-state index contributed by atoms with van der Waals surface area (Å²) in [5, 5.41) is 0.702. The molecule has 168 valence electrons. The summed E-state index contributed by atoms with van der Waals surface area (Å²) in [5.41, 5.74) is 2.92. The number of imidazole rings is 1. The van der Waals surface area contributed by atoms with Crippen LogP contribution in [0.2, 0.25) is 5.02 Å². The van der Waals surface area contributed by atoms with Crippen molar-refractivity contribution >= 4 is 23.2 Å². The highest BCUT2D eigenvalue weighted by Crippen LogP contribution is 2.38. The van der Waals surface area contributed by atoms with E-state index < -0.39 is 5.41 Å². The van der Waals surface area contributed by atoms with Gasteiger partial charge in [0.15, 0.2) is 0 Å². The van der Waals surface area contributed by atoms with E-state index in [4.69, 9.17) is 16.3 Å². The van der Waals surface area contributed by atoms with Gasteiger partial charge in [-0.25, -0.2) is 4.98 Å². The van der Waals surface area contributed by atoms with Gasteiger partial charge in [-0.15, -0.1) is 0 Å². The molecule has 2 aliphatic rings. The normalized spacial score (nSPS) is 21.4. The molecular formula is C26H30ClN3O2. The fourth-order valence-electron chi connectivity index (χ4n) is 5.47. The fourth-order valence-corrected chi connectivity index (χ4v) is 5.59. The molecule has 2 aliphatic heterocycles. The minimum Gasteiger partial charge on any atom is -0.381 e. The average Bonchev–Trinajstić information content (AvgIpc) is 3.20. The maximum atomic E-state index is 13.9. The number of carbonyl (C=O) groups excluding carboxylic acids is 1. The summed E-state index contributed by atoms with van der Waals surface area (Å²) in [7, 11) is 0. The van der Waals surface area contributed by atoms with Crippen LogP contribution < -0.4 is 0 Å². The Labute approximate surface area is 194 Å². The lowest BCUT2D eigenvalue weighted by atomic mass is 9.73. The van der Waals surface area contributed by atoms with Gasteiger partial charge in [0.2, 0.25) is 5.91 Å². The van der Waals surface area contributed by atoms with Crippen molar-refractivity contribution < 1.29 is 9.53 Å². The standard InChI is InChI=1S/C26H30ClN3O2/c27-23-7-5-22(6-8-23)26(10-17-32-18-11-26)25(31)30-14-1-3-20(9-15-30)19-21-4-2-13-29-16-12-28-24(21)29/h2,4-8,12-13,16,20H,1,3,9-11,14-15,17-19H2/t20-/m0/s1. The molecular weight excluding hydrogens is 422 g/mol. The average molecular weight is 452 g/mol. The number of nitrogens with zero attached hydrogens (tertiary/aromatic N) is 3. The van der Waals surface area contributed by atoms with Crippen molar-refractivity contribution in [3.8, 4) is 0 Å². The van der Waals surface area contributed by atoms with Gasteiger partial charge in [0.25, 0.3) is 0 Å². The van der Waals surface area contributed by atoms with E-state index in [9.17, 15) is 4.79 Å². The summed E-state index contributed by atoms with van der Waals surface area (Å²) in [4.78, 5) is 20.6. The molecule has 5 rings (SSSR count). The van der Waals surface area contributed by atoms with Gasteiger partial charge < -0.3 is 14.0 Å². The number of hydrogen-bond donors (Lipinski definition) is 0. The van der Waals surface area contributed by atoms with E-state index in [0.29, 0.717) is 24.2 Å². The van der Waals surface area contributed by atoms with Crippen LogP contribution in [0, 0.1) is 5.92 Å². The first-order valence-electron chi connectivity index (χ1n) is 11.7. The van der Waals surface area contributed by atoms with E-state index in [1.165, 1.54) is 5.56 Å². The van der Waals surface area contributed by atoms with Gasteiger partial charge in [-0.2, -0.15) is 0 Å². The van der Waals surface area contributed by atoms with Crippen LogP contribution in [0.25, 0.3) is 5.65 Å². The van der Waals surface area contributed by atoms with Crippen molar-refractivity contribution in [2.75, 3.05) is 26.3 Å². The number of ether oxygens (including phenoxy) is 1. The Bertz CT molecular complexity index is 1070. The van der Waals surface area contributed by atoms with Crippen LogP contribution in [0.4, 0.5) is 0 Å². The van der Waals surface area contributed by atoms with Crippen LogP contribution in [0.3, 0.4) is 0 Å². The molecule has 0 unspecified atom stereocenters. The number of carbonyl (C=O) groups is 1. The molecule has 0 saturated carbocycles. The number of fused-ring (bicyclic) bond motifs is 1. The summed E-state index contributed by atoms with van der Waals surface area (Å²) in [6, 6.07) is 12.1. The molecule has 1 amide bonds. The van der Waals surface area contributed by atoms with Crippen LogP contribution in [-0.2, 0) is 21.4 Å². The zero-order valence-corrected chi connectivity index (χ0v) is 19.1. The van der Waals surface area contributed by atoms with E-state index in [1.807, 2.05) is 42.9 Å². The number of halogens is 1. The van der Waals surface area contributed by atoms with Crippen LogP contribution in [0.5, 0.6) is 0 Å². The Kier molecular flexibility index (Phi) is 6.20. The molecule has 2 saturated heterocycles. The molecule has 1 aromatic carbocycles. The topological polar surface area (TPSA) is 46.8 Å². The number of rotatable bonds is 4. The van der Waals surface area contributed by atoms with E-state index >= 15 is 0 Å². The molecule has 0 N–H and O–H groups in total. The first-order chi connectivity index (χ1) is 15.7. The number of amides is 1. The van der Waals surface area contributed by atoms with Crippen LogP contribution in [0.15, 0.2) is 55.0 Å². The number of benzene rings is 1. The van der Waals surface area contributed by atoms with Gasteiger partial charge in [0, 0.05) is 49.9 Å². The summed E-state index contributed by atoms with van der Waals surface area (Å²) >= 11 is 6.13. The fraction of sp³-hybridized carbons (Fsp3) is 0.462. The Hall–Kier alpha value is -2.37. The Morgan fingerprint density at radius 2 is 1.91 bits per heavy atom. The SMILES string of the molecule is O=C(N1CCC[C@H](Cc2cccn3ccnc23)CC1)C1(c2ccc(Cl)cc2)CCOCC1. The minimum absolute atomic E-state index is 0.263. The number of hydrogen-bond acceptors (Lipinski definition) is 3. The summed E-state index contributed by atoms with van der Waals surface area (Å²) in [5.74, 6) is 0.830. The lowest BCUT2D eigenvalue weighted by Crippen LogP contribution is -2.50. The molecule has 0 bridgehead atoms. The molecule has 2 fully saturated rings. The Morgan fingerprint density at radius 1 is 1.09 bits per heavy atom. The van der Waals surface area contributed by atoms with E-state index in [2.05, 4.69) is 26.4 Å². The molecule has 3 aromatic rings. The predicted octanol–water partition coefficient (Wildman–Crippen LogP) is 4.91. The molecule has 0 aliphatic carbocycles. The first-order valence-corrected chi connectivity index (χ1v) is 12.1. The van der Waals surface area contributed by atoms with Crippen molar-refractivity contribution in [3.63, 3.8) is 0 Å². The van der Waals surface area contributed by atoms with E-state index in [1.54, 1.807) is 0 Å². The summed E-state index contributed by atoms with van der Waals surface area (Å²) < 4.78 is 7.73. The predicted molar refractivity (Wildman–Crippen MR) is 126 cm³/mol. The zero-order chi connectivity index (χ0) is 22.0. The Morgan fingerprint density at radius 3 is 2.72 bits per heavy atom. The lowest BCUT2D eigenvalue weighted by Gasteiger charge is -2.40. The van der Waals surface area contributed by atoms with Crippen LogP contribution in [0.1, 0.15) is 43.2 Å². The van der Waals surface area contributed by atoms with Crippen LogP contribution in [-0.4, -0.2) is 46.5 Å². The number of pyridine rings is 1. The lowest BCUT2D eigenvalue weighted by molar-refractivity contribution is -0.141. The van der Waals surface area contributed by atoms with Crippen molar-refractivity contribution in [2.45, 2.75) is 43.9 Å². The molecule has 4 heterocycles. The van der Waals surface area contributed by atoms with E-state index in [0.717, 1.165) is 62.8 Å². The van der Waals surface area contributed by atoms with Crippen LogP contribution >= 0.6 is 11.6 Å². The number of aromatic nitrogens is 2. The van der Waals surface area contributed by atoms with Crippen molar-refractivity contribution in [2.24, 2.45) is 5.92 Å². The highest BCUT2D eigenvalue weighted by molar-refractivity contribution is 6.30. The molecule has 0 radical (unpaired) electrons. The summed E-state index contributed by atoms with van der Waals surface area (Å²) in [6.45, 7) is 2.90. The van der Waals surface area contributed by atoms with Gasteiger partial charge in [0.05, 0.1) is 5.41 Å². The Balaban J connectivity index is 1.32. The third-order valence-corrected chi connectivity index (χ3v) is 7.55. The minimum atomic E-state index is -0.496. The third kappa shape index (κ3) is 4.16. The zero-order valence-electron chi connectivity index (χ0n) is 18.4. The van der Waals surface area contributed by atoms with E-state index in [-0.39, 0.29) is 5.91 Å². The third-order valence-electron chi connectivity index (χ3n) is 7.30. The maximum absolute atomic E-state index is 13.9. The summed E-state index contributed by atoms with van der Waals surface area (Å²) in [6.07, 6.45) is 11.6. The first kappa shape index (κ1) is 21.5. The van der Waals surface area contributed by atoms with Gasteiger partial charge in [-0.1, -0.05) is 29.8 Å². The largest absolute Gasteiger partial charge is 0.381 e. The molecule has 0 spiro atoms.